The maximum absolute atomic E-state index is 11.9. The van der Waals surface area contributed by atoms with Gasteiger partial charge < -0.3 is 10.4 Å². The van der Waals surface area contributed by atoms with Crippen LogP contribution < -0.4 is 5.32 Å². The summed E-state index contributed by atoms with van der Waals surface area (Å²) in [6.45, 7) is 0. The van der Waals surface area contributed by atoms with Gasteiger partial charge in [0, 0.05) is 6.42 Å². The number of rotatable bonds is 4. The van der Waals surface area contributed by atoms with Crippen molar-refractivity contribution in [1.29, 1.82) is 0 Å². The van der Waals surface area contributed by atoms with Crippen LogP contribution in [0, 0.1) is 5.92 Å². The molecule has 1 aliphatic carbocycles. The quantitative estimate of drug-likeness (QED) is 0.879. The number of carboxylic acids is 1. The molecule has 2 N–H and O–H groups in total. The summed E-state index contributed by atoms with van der Waals surface area (Å²) in [4.78, 5) is 23.0. The average Bonchev–Trinajstić information content (AvgIpc) is 2.78. The van der Waals surface area contributed by atoms with Crippen LogP contribution in [0.1, 0.15) is 48.2 Å². The van der Waals surface area contributed by atoms with Gasteiger partial charge in [0.15, 0.2) is 0 Å². The summed E-state index contributed by atoms with van der Waals surface area (Å²) in [7, 11) is 0. The van der Waals surface area contributed by atoms with Gasteiger partial charge in [0.25, 0.3) is 0 Å². The third kappa shape index (κ3) is 3.32. The summed E-state index contributed by atoms with van der Waals surface area (Å²) < 4.78 is 0. The smallest absolute Gasteiger partial charge is 0.348 e. The van der Waals surface area contributed by atoms with Gasteiger partial charge in [-0.3, -0.25) is 4.79 Å². The molecule has 5 heteroatoms. The van der Waals surface area contributed by atoms with Crippen LogP contribution in [0.5, 0.6) is 0 Å². The Hall–Kier alpha value is -1.36. The third-order valence-electron chi connectivity index (χ3n) is 3.33. The Bertz CT molecular complexity index is 435. The lowest BCUT2D eigenvalue weighted by atomic mass is 9.87. The predicted octanol–water partition coefficient (Wildman–Crippen LogP) is 3.36. The standard InChI is InChI=1S/C13H17NO3S/c15-11(8-9-4-2-1-3-5-9)14-10-6-7-18-12(10)13(16)17/h6-7,9H,1-5,8H2,(H,14,15)(H,16,17). The largest absolute Gasteiger partial charge is 0.477 e. The molecule has 1 saturated carbocycles. The Morgan fingerprint density at radius 3 is 2.72 bits per heavy atom. The molecule has 1 aliphatic rings. The van der Waals surface area contributed by atoms with Crippen molar-refractivity contribution in [2.24, 2.45) is 5.92 Å². The molecule has 0 bridgehead atoms. The zero-order valence-electron chi connectivity index (χ0n) is 10.1. The first kappa shape index (κ1) is 13.1. The number of hydrogen-bond donors (Lipinski definition) is 2. The molecule has 1 amide bonds. The minimum Gasteiger partial charge on any atom is -0.477 e. The van der Waals surface area contributed by atoms with E-state index in [1.165, 1.54) is 19.3 Å². The van der Waals surface area contributed by atoms with Gasteiger partial charge in [-0.15, -0.1) is 11.3 Å². The molecule has 0 spiro atoms. The van der Waals surface area contributed by atoms with Gasteiger partial charge in [0.05, 0.1) is 5.69 Å². The van der Waals surface area contributed by atoms with Crippen LogP contribution in [0.25, 0.3) is 0 Å². The summed E-state index contributed by atoms with van der Waals surface area (Å²) in [5, 5.41) is 13.3. The van der Waals surface area contributed by atoms with Gasteiger partial charge in [-0.2, -0.15) is 0 Å². The molecule has 0 saturated heterocycles. The highest BCUT2D eigenvalue weighted by Gasteiger charge is 2.19. The van der Waals surface area contributed by atoms with Crippen molar-refractivity contribution in [2.75, 3.05) is 5.32 Å². The Morgan fingerprint density at radius 2 is 2.06 bits per heavy atom. The first-order valence-corrected chi connectivity index (χ1v) is 7.15. The van der Waals surface area contributed by atoms with E-state index < -0.39 is 5.97 Å². The van der Waals surface area contributed by atoms with Crippen molar-refractivity contribution in [3.05, 3.63) is 16.3 Å². The molecule has 0 unspecified atom stereocenters. The van der Waals surface area contributed by atoms with Crippen LogP contribution in [0.2, 0.25) is 0 Å². The first-order chi connectivity index (χ1) is 8.66. The maximum Gasteiger partial charge on any atom is 0.348 e. The number of nitrogens with one attached hydrogen (secondary N) is 1. The molecule has 4 nitrogen and oxygen atoms in total. The lowest BCUT2D eigenvalue weighted by Crippen LogP contribution is -2.19. The lowest BCUT2D eigenvalue weighted by Gasteiger charge is -2.20. The Balaban J connectivity index is 1.90. The van der Waals surface area contributed by atoms with Crippen LogP contribution in [0.3, 0.4) is 0 Å². The van der Waals surface area contributed by atoms with Gasteiger partial charge in [-0.05, 0) is 30.2 Å². The van der Waals surface area contributed by atoms with Crippen molar-refractivity contribution in [3.63, 3.8) is 0 Å². The van der Waals surface area contributed by atoms with Gasteiger partial charge >= 0.3 is 5.97 Å². The summed E-state index contributed by atoms with van der Waals surface area (Å²) >= 11 is 1.13. The minimum atomic E-state index is -0.988. The number of aromatic carboxylic acids is 1. The van der Waals surface area contributed by atoms with Gasteiger partial charge in [0.2, 0.25) is 5.91 Å². The SMILES string of the molecule is O=C(CC1CCCCC1)Nc1ccsc1C(=O)O. The number of carbonyl (C=O) groups is 2. The maximum atomic E-state index is 11.9. The minimum absolute atomic E-state index is 0.0669. The fraction of sp³-hybridized carbons (Fsp3) is 0.538. The highest BCUT2D eigenvalue weighted by atomic mass is 32.1. The molecule has 0 atom stereocenters. The van der Waals surface area contributed by atoms with E-state index in [0.29, 0.717) is 18.0 Å². The number of hydrogen-bond acceptors (Lipinski definition) is 3. The molecule has 98 valence electrons. The molecule has 0 aromatic carbocycles. The first-order valence-electron chi connectivity index (χ1n) is 6.27. The van der Waals surface area contributed by atoms with Crippen LogP contribution in [0.4, 0.5) is 5.69 Å². The van der Waals surface area contributed by atoms with Crippen molar-refractivity contribution < 1.29 is 14.7 Å². The Labute approximate surface area is 110 Å². The van der Waals surface area contributed by atoms with Crippen molar-refractivity contribution in [3.8, 4) is 0 Å². The van der Waals surface area contributed by atoms with E-state index in [1.54, 1.807) is 11.4 Å². The second kappa shape index (κ2) is 6.00. The highest BCUT2D eigenvalue weighted by molar-refractivity contribution is 7.12. The van der Waals surface area contributed by atoms with Gasteiger partial charge in [-0.1, -0.05) is 19.3 Å². The molecular weight excluding hydrogens is 250 g/mol. The summed E-state index contributed by atoms with van der Waals surface area (Å²) in [6.07, 6.45) is 6.42. The zero-order chi connectivity index (χ0) is 13.0. The number of anilines is 1. The molecule has 1 aromatic heterocycles. The van der Waals surface area contributed by atoms with Crippen LogP contribution in [-0.2, 0) is 4.79 Å². The fourth-order valence-electron chi connectivity index (χ4n) is 2.43. The second-order valence-corrected chi connectivity index (χ2v) is 5.64. The average molecular weight is 267 g/mol. The molecule has 18 heavy (non-hydrogen) atoms. The van der Waals surface area contributed by atoms with Crippen LogP contribution >= 0.6 is 11.3 Å². The van der Waals surface area contributed by atoms with Gasteiger partial charge in [0.1, 0.15) is 4.88 Å². The monoisotopic (exact) mass is 267 g/mol. The number of carbonyl (C=O) groups excluding carboxylic acids is 1. The number of amides is 1. The molecule has 1 aromatic rings. The summed E-state index contributed by atoms with van der Waals surface area (Å²) in [5.74, 6) is -0.591. The number of thiophene rings is 1. The van der Waals surface area contributed by atoms with Crippen molar-refractivity contribution >= 4 is 28.9 Å². The zero-order valence-corrected chi connectivity index (χ0v) is 11.0. The molecule has 0 radical (unpaired) electrons. The van der Waals surface area contributed by atoms with Crippen LogP contribution in [0.15, 0.2) is 11.4 Å². The third-order valence-corrected chi connectivity index (χ3v) is 4.23. The van der Waals surface area contributed by atoms with E-state index >= 15 is 0 Å². The van der Waals surface area contributed by atoms with E-state index in [0.717, 1.165) is 24.2 Å². The number of carboxylic acid groups (broad SMARTS) is 1. The summed E-state index contributed by atoms with van der Waals surface area (Å²) in [5.41, 5.74) is 0.424. The van der Waals surface area contributed by atoms with E-state index in [1.807, 2.05) is 0 Å². The van der Waals surface area contributed by atoms with Crippen molar-refractivity contribution in [1.82, 2.24) is 0 Å². The van der Waals surface area contributed by atoms with E-state index in [4.69, 9.17) is 5.11 Å². The molecule has 1 heterocycles. The highest BCUT2D eigenvalue weighted by Crippen LogP contribution is 2.27. The van der Waals surface area contributed by atoms with E-state index in [9.17, 15) is 9.59 Å². The fourth-order valence-corrected chi connectivity index (χ4v) is 3.12. The molecule has 1 fully saturated rings. The Kier molecular flexibility index (Phi) is 4.36. The van der Waals surface area contributed by atoms with Crippen LogP contribution in [-0.4, -0.2) is 17.0 Å². The van der Waals surface area contributed by atoms with E-state index in [-0.39, 0.29) is 10.8 Å². The normalized spacial score (nSPS) is 16.4. The predicted molar refractivity (Wildman–Crippen MR) is 71.1 cm³/mol. The molecule has 2 rings (SSSR count). The second-order valence-electron chi connectivity index (χ2n) is 4.72. The lowest BCUT2D eigenvalue weighted by molar-refractivity contribution is -0.117. The topological polar surface area (TPSA) is 66.4 Å². The Morgan fingerprint density at radius 1 is 1.33 bits per heavy atom. The molecular formula is C13H17NO3S. The summed E-state index contributed by atoms with van der Waals surface area (Å²) in [6, 6.07) is 1.65. The van der Waals surface area contributed by atoms with Crippen molar-refractivity contribution in [2.45, 2.75) is 38.5 Å². The van der Waals surface area contributed by atoms with Gasteiger partial charge in [-0.25, -0.2) is 4.79 Å². The van der Waals surface area contributed by atoms with E-state index in [2.05, 4.69) is 5.32 Å². The molecule has 0 aliphatic heterocycles.